The van der Waals surface area contributed by atoms with Crippen molar-refractivity contribution in [3.8, 4) is 0 Å². The van der Waals surface area contributed by atoms with Crippen LogP contribution in [0.25, 0.3) is 0 Å². The fourth-order valence-corrected chi connectivity index (χ4v) is 3.06. The van der Waals surface area contributed by atoms with Gasteiger partial charge in [-0.25, -0.2) is 0 Å². The van der Waals surface area contributed by atoms with Crippen LogP contribution in [0.3, 0.4) is 0 Å². The molecule has 0 rings (SSSR count). The van der Waals surface area contributed by atoms with Crippen molar-refractivity contribution in [1.82, 2.24) is 5.32 Å². The molecule has 0 heterocycles. The van der Waals surface area contributed by atoms with E-state index < -0.39 is 0 Å². The first-order chi connectivity index (χ1) is 12.7. The summed E-state index contributed by atoms with van der Waals surface area (Å²) in [5.74, 6) is 0.376. The van der Waals surface area contributed by atoms with Crippen molar-refractivity contribution >= 4 is 11.9 Å². The molecule has 0 spiro atoms. The Hall–Kier alpha value is -1.26. The normalized spacial score (nSPS) is 10.7. The van der Waals surface area contributed by atoms with E-state index in [0.29, 0.717) is 13.0 Å². The van der Waals surface area contributed by atoms with E-state index in [9.17, 15) is 4.79 Å². The molecule has 0 radical (unpaired) electrons. The summed E-state index contributed by atoms with van der Waals surface area (Å²) in [4.78, 5) is 15.7. The van der Waals surface area contributed by atoms with Crippen molar-refractivity contribution in [1.29, 1.82) is 0 Å². The van der Waals surface area contributed by atoms with Crippen LogP contribution in [0.2, 0.25) is 0 Å². The molecule has 0 saturated heterocycles. The van der Waals surface area contributed by atoms with Crippen molar-refractivity contribution in [2.45, 2.75) is 110 Å². The van der Waals surface area contributed by atoms with Crippen LogP contribution in [-0.2, 0) is 4.79 Å². The van der Waals surface area contributed by atoms with Gasteiger partial charge in [-0.15, -0.1) is 0 Å². The molecule has 5 nitrogen and oxygen atoms in total. The molecule has 5 N–H and O–H groups in total. The van der Waals surface area contributed by atoms with Crippen molar-refractivity contribution in [3.63, 3.8) is 0 Å². The lowest BCUT2D eigenvalue weighted by molar-refractivity contribution is -0.121. The second kappa shape index (κ2) is 20.1. The Labute approximate surface area is 161 Å². The molecule has 1 amide bonds. The van der Waals surface area contributed by atoms with Crippen molar-refractivity contribution in [2.75, 3.05) is 13.1 Å². The number of unbranched alkanes of at least 4 members (excludes halogenated alkanes) is 13. The second-order valence-corrected chi connectivity index (χ2v) is 7.36. The van der Waals surface area contributed by atoms with Gasteiger partial charge in [0.25, 0.3) is 0 Å². The number of carbonyl (C=O) groups excluding carboxylic acids is 1. The standard InChI is InChI=1S/C21H44N4O/c1-2-3-4-5-6-7-8-9-10-11-14-17-20(26)24-18-15-12-13-16-19-25-21(22)23/h2-19H2,1H3,(H,24,26)(H4,22,23,25). The Morgan fingerprint density at radius 2 is 1.23 bits per heavy atom. The minimum atomic E-state index is 0.166. The van der Waals surface area contributed by atoms with E-state index in [1.165, 1.54) is 64.2 Å². The van der Waals surface area contributed by atoms with Gasteiger partial charge in [-0.05, 0) is 19.3 Å². The van der Waals surface area contributed by atoms with E-state index in [-0.39, 0.29) is 11.9 Å². The Bertz CT molecular complexity index is 341. The van der Waals surface area contributed by atoms with Gasteiger partial charge in [-0.3, -0.25) is 9.79 Å². The summed E-state index contributed by atoms with van der Waals surface area (Å²) in [6.07, 6.45) is 19.4. The van der Waals surface area contributed by atoms with E-state index in [1.807, 2.05) is 0 Å². The summed E-state index contributed by atoms with van der Waals surface area (Å²) >= 11 is 0. The predicted octanol–water partition coefficient (Wildman–Crippen LogP) is 4.64. The largest absolute Gasteiger partial charge is 0.370 e. The number of aliphatic imine (C=N–C) groups is 1. The van der Waals surface area contributed by atoms with Gasteiger partial charge in [0.2, 0.25) is 5.91 Å². The number of rotatable bonds is 19. The number of hydrogen-bond donors (Lipinski definition) is 3. The molecule has 0 fully saturated rings. The average Bonchev–Trinajstić information content (AvgIpc) is 2.61. The molecule has 26 heavy (non-hydrogen) atoms. The zero-order chi connectivity index (χ0) is 19.3. The molecule has 0 unspecified atom stereocenters. The van der Waals surface area contributed by atoms with Crippen LogP contribution < -0.4 is 16.8 Å². The van der Waals surface area contributed by atoms with Crippen molar-refractivity contribution < 1.29 is 4.79 Å². The van der Waals surface area contributed by atoms with Crippen LogP contribution >= 0.6 is 0 Å². The summed E-state index contributed by atoms with van der Waals surface area (Å²) in [5.41, 5.74) is 10.5. The maximum absolute atomic E-state index is 11.8. The summed E-state index contributed by atoms with van der Waals surface area (Å²) in [5, 5.41) is 3.02. The minimum absolute atomic E-state index is 0.166. The monoisotopic (exact) mass is 368 g/mol. The Kier molecular flexibility index (Phi) is 19.1. The minimum Gasteiger partial charge on any atom is -0.370 e. The first-order valence-corrected chi connectivity index (χ1v) is 11.0. The van der Waals surface area contributed by atoms with Gasteiger partial charge in [-0.1, -0.05) is 84.0 Å². The van der Waals surface area contributed by atoms with Gasteiger partial charge < -0.3 is 16.8 Å². The van der Waals surface area contributed by atoms with Gasteiger partial charge >= 0.3 is 0 Å². The van der Waals surface area contributed by atoms with Crippen LogP contribution in [0.4, 0.5) is 0 Å². The van der Waals surface area contributed by atoms with Gasteiger partial charge in [0.05, 0.1) is 0 Å². The van der Waals surface area contributed by atoms with E-state index in [4.69, 9.17) is 11.5 Å². The highest BCUT2D eigenvalue weighted by atomic mass is 16.1. The molecular formula is C21H44N4O. The lowest BCUT2D eigenvalue weighted by Crippen LogP contribution is -2.24. The van der Waals surface area contributed by atoms with Gasteiger partial charge in [-0.2, -0.15) is 0 Å². The van der Waals surface area contributed by atoms with Crippen LogP contribution in [0, 0.1) is 0 Å². The molecule has 0 aromatic rings. The maximum atomic E-state index is 11.8. The summed E-state index contributed by atoms with van der Waals surface area (Å²) in [7, 11) is 0. The lowest BCUT2D eigenvalue weighted by atomic mass is 10.1. The van der Waals surface area contributed by atoms with E-state index in [1.54, 1.807) is 0 Å². The molecule has 0 bridgehead atoms. The van der Waals surface area contributed by atoms with E-state index in [0.717, 1.165) is 38.6 Å². The fourth-order valence-electron chi connectivity index (χ4n) is 3.06. The summed E-state index contributed by atoms with van der Waals surface area (Å²) in [6, 6.07) is 0. The van der Waals surface area contributed by atoms with Gasteiger partial charge in [0.15, 0.2) is 5.96 Å². The number of nitrogens with two attached hydrogens (primary N) is 2. The quantitative estimate of drug-likeness (QED) is 0.176. The van der Waals surface area contributed by atoms with Gasteiger partial charge in [0.1, 0.15) is 0 Å². The Balaban J connectivity index is 3.19. The molecule has 0 atom stereocenters. The number of amides is 1. The summed E-state index contributed by atoms with van der Waals surface area (Å²) in [6.45, 7) is 3.76. The van der Waals surface area contributed by atoms with E-state index >= 15 is 0 Å². The third-order valence-electron chi connectivity index (χ3n) is 4.71. The molecule has 154 valence electrons. The average molecular weight is 369 g/mol. The third kappa shape index (κ3) is 20.8. The molecule has 0 saturated carbocycles. The van der Waals surface area contributed by atoms with Crippen molar-refractivity contribution in [3.05, 3.63) is 0 Å². The number of nitrogens with one attached hydrogen (secondary N) is 1. The predicted molar refractivity (Wildman–Crippen MR) is 113 cm³/mol. The molecule has 0 aliphatic heterocycles. The van der Waals surface area contributed by atoms with E-state index in [2.05, 4.69) is 17.2 Å². The smallest absolute Gasteiger partial charge is 0.219 e. The number of carbonyl (C=O) groups is 1. The van der Waals surface area contributed by atoms with Crippen LogP contribution in [-0.4, -0.2) is 25.0 Å². The molecule has 0 aromatic carbocycles. The first kappa shape index (κ1) is 24.7. The molecule has 0 aliphatic rings. The Morgan fingerprint density at radius 1 is 0.731 bits per heavy atom. The van der Waals surface area contributed by atoms with Gasteiger partial charge in [0, 0.05) is 19.5 Å². The van der Waals surface area contributed by atoms with Crippen LogP contribution in [0.15, 0.2) is 4.99 Å². The maximum Gasteiger partial charge on any atom is 0.219 e. The fraction of sp³-hybridized carbons (Fsp3) is 0.905. The molecule has 0 aliphatic carbocycles. The third-order valence-corrected chi connectivity index (χ3v) is 4.71. The highest BCUT2D eigenvalue weighted by molar-refractivity contribution is 5.76. The van der Waals surface area contributed by atoms with Crippen LogP contribution in [0.1, 0.15) is 110 Å². The zero-order valence-corrected chi connectivity index (χ0v) is 17.2. The molecular weight excluding hydrogens is 324 g/mol. The first-order valence-electron chi connectivity index (χ1n) is 11.0. The van der Waals surface area contributed by atoms with Crippen molar-refractivity contribution in [2.24, 2.45) is 16.5 Å². The second-order valence-electron chi connectivity index (χ2n) is 7.36. The highest BCUT2D eigenvalue weighted by Gasteiger charge is 2.00. The lowest BCUT2D eigenvalue weighted by Gasteiger charge is -2.05. The number of hydrogen-bond acceptors (Lipinski definition) is 2. The molecule has 5 heteroatoms. The highest BCUT2D eigenvalue weighted by Crippen LogP contribution is 2.11. The SMILES string of the molecule is CCCCCCCCCCCCCC(=O)NCCCCCCN=C(N)N. The summed E-state index contributed by atoms with van der Waals surface area (Å²) < 4.78 is 0. The topological polar surface area (TPSA) is 93.5 Å². The zero-order valence-electron chi connectivity index (χ0n) is 17.2. The Morgan fingerprint density at radius 3 is 1.81 bits per heavy atom. The number of nitrogens with zero attached hydrogens (tertiary/aromatic N) is 1. The van der Waals surface area contributed by atoms with Crippen LogP contribution in [0.5, 0.6) is 0 Å². The molecule has 0 aromatic heterocycles. The number of guanidine groups is 1.